The van der Waals surface area contributed by atoms with Crippen LogP contribution in [0.15, 0.2) is 91.0 Å². The van der Waals surface area contributed by atoms with Crippen molar-refractivity contribution < 1.29 is 14.0 Å². The van der Waals surface area contributed by atoms with Crippen LogP contribution in [-0.4, -0.2) is 50.0 Å². The fraction of sp³-hybridized carbons (Fsp3) is 0.371. The number of fused-ring (bicyclic) bond motifs is 1. The number of carbonyl (C=O) groups is 1. The fourth-order valence-electron chi connectivity index (χ4n) is 6.61. The number of hydrogen-bond acceptors (Lipinski definition) is 4. The van der Waals surface area contributed by atoms with Gasteiger partial charge in [0.15, 0.2) is 0 Å². The lowest BCUT2D eigenvalue weighted by Crippen LogP contribution is -2.68. The number of likely N-dealkylation sites (tertiary alicyclic amines) is 1. The predicted molar refractivity (Wildman–Crippen MR) is 167 cm³/mol. The first kappa shape index (κ1) is 27.8. The molecule has 2 aliphatic heterocycles. The Balaban J connectivity index is 1.23. The topological polar surface area (TPSA) is 51.7 Å². The standard InChI is InChI=1S/C35H40N2O3Si/c1-35(2,3)41(29-10-6-4-7-11-29,30-12-8-5-9-13-30)40-33-18-21-37(34(33)38)25-26-14-16-32-28(24-26)15-17-31(36-32)27-19-22-39-23-20-27/h4-17,24,27,33H,18-23,25H2,1-3H3. The molecule has 0 bridgehead atoms. The molecule has 1 amide bonds. The summed E-state index contributed by atoms with van der Waals surface area (Å²) in [4.78, 5) is 20.8. The van der Waals surface area contributed by atoms with E-state index < -0.39 is 14.4 Å². The second-order valence-corrected chi connectivity index (χ2v) is 16.7. The molecule has 3 aromatic carbocycles. The minimum Gasteiger partial charge on any atom is -0.395 e. The molecule has 6 rings (SSSR count). The molecule has 0 saturated carbocycles. The first-order valence-corrected chi connectivity index (χ1v) is 16.8. The van der Waals surface area contributed by atoms with Crippen molar-refractivity contribution in [1.82, 2.24) is 9.88 Å². The summed E-state index contributed by atoms with van der Waals surface area (Å²) in [5.41, 5.74) is 3.29. The monoisotopic (exact) mass is 564 g/mol. The first-order valence-electron chi connectivity index (χ1n) is 14.9. The summed E-state index contributed by atoms with van der Waals surface area (Å²) >= 11 is 0. The fourth-order valence-corrected chi connectivity index (χ4v) is 11.3. The molecule has 212 valence electrons. The third kappa shape index (κ3) is 5.48. The van der Waals surface area contributed by atoms with Gasteiger partial charge in [-0.15, -0.1) is 0 Å². The van der Waals surface area contributed by atoms with Crippen molar-refractivity contribution in [3.8, 4) is 0 Å². The van der Waals surface area contributed by atoms with Crippen LogP contribution in [0.3, 0.4) is 0 Å². The SMILES string of the molecule is CC(C)(C)[Si](OC1CCN(Cc2ccc3nc(C4CCOCC4)ccc3c2)C1=O)(c1ccccc1)c1ccccc1. The van der Waals surface area contributed by atoms with Gasteiger partial charge in [0.2, 0.25) is 0 Å². The predicted octanol–water partition coefficient (Wildman–Crippen LogP) is 5.81. The Kier molecular flexibility index (Phi) is 7.81. The highest BCUT2D eigenvalue weighted by molar-refractivity contribution is 6.99. The van der Waals surface area contributed by atoms with Gasteiger partial charge >= 0.3 is 0 Å². The maximum atomic E-state index is 13.9. The highest BCUT2D eigenvalue weighted by atomic mass is 28.4. The number of carbonyl (C=O) groups excluding carboxylic acids is 1. The van der Waals surface area contributed by atoms with Gasteiger partial charge in [-0.2, -0.15) is 0 Å². The van der Waals surface area contributed by atoms with E-state index in [4.69, 9.17) is 14.1 Å². The van der Waals surface area contributed by atoms with E-state index in [2.05, 4.69) is 99.6 Å². The highest BCUT2D eigenvalue weighted by Gasteiger charge is 2.53. The van der Waals surface area contributed by atoms with E-state index in [0.29, 0.717) is 25.4 Å². The van der Waals surface area contributed by atoms with Crippen molar-refractivity contribution in [1.29, 1.82) is 0 Å². The van der Waals surface area contributed by atoms with Crippen molar-refractivity contribution in [3.63, 3.8) is 0 Å². The van der Waals surface area contributed by atoms with Crippen LogP contribution in [0.25, 0.3) is 10.9 Å². The molecule has 6 heteroatoms. The smallest absolute Gasteiger partial charge is 0.262 e. The lowest BCUT2D eigenvalue weighted by molar-refractivity contribution is -0.134. The summed E-state index contributed by atoms with van der Waals surface area (Å²) < 4.78 is 12.7. The van der Waals surface area contributed by atoms with E-state index in [1.807, 2.05) is 17.0 Å². The van der Waals surface area contributed by atoms with E-state index >= 15 is 0 Å². The minimum atomic E-state index is -2.80. The molecule has 2 saturated heterocycles. The molecule has 2 fully saturated rings. The van der Waals surface area contributed by atoms with E-state index in [0.717, 1.165) is 48.2 Å². The Morgan fingerprint density at radius 2 is 1.54 bits per heavy atom. The van der Waals surface area contributed by atoms with E-state index in [-0.39, 0.29) is 10.9 Å². The van der Waals surface area contributed by atoms with Crippen molar-refractivity contribution in [2.75, 3.05) is 19.8 Å². The Morgan fingerprint density at radius 1 is 0.878 bits per heavy atom. The number of benzene rings is 3. The second-order valence-electron chi connectivity index (χ2n) is 12.5. The number of rotatable bonds is 7. The maximum Gasteiger partial charge on any atom is 0.262 e. The zero-order valence-electron chi connectivity index (χ0n) is 24.4. The lowest BCUT2D eigenvalue weighted by Gasteiger charge is -2.44. The largest absolute Gasteiger partial charge is 0.395 e. The van der Waals surface area contributed by atoms with Crippen molar-refractivity contribution >= 4 is 35.5 Å². The number of nitrogens with zero attached hydrogens (tertiary/aromatic N) is 2. The second kappa shape index (κ2) is 11.5. The summed E-state index contributed by atoms with van der Waals surface area (Å²) in [7, 11) is -2.80. The van der Waals surface area contributed by atoms with Gasteiger partial charge in [0.1, 0.15) is 6.10 Å². The van der Waals surface area contributed by atoms with E-state index in [1.165, 1.54) is 10.4 Å². The van der Waals surface area contributed by atoms with Gasteiger partial charge in [-0.3, -0.25) is 9.78 Å². The van der Waals surface area contributed by atoms with Gasteiger partial charge in [-0.1, -0.05) is 93.6 Å². The first-order chi connectivity index (χ1) is 19.8. The highest BCUT2D eigenvalue weighted by Crippen LogP contribution is 2.39. The maximum absolute atomic E-state index is 13.9. The van der Waals surface area contributed by atoms with Gasteiger partial charge in [-0.05, 0) is 58.4 Å². The molecule has 0 aliphatic carbocycles. The van der Waals surface area contributed by atoms with Gasteiger partial charge in [-0.25, -0.2) is 0 Å². The zero-order valence-corrected chi connectivity index (χ0v) is 25.4. The van der Waals surface area contributed by atoms with Crippen LogP contribution >= 0.6 is 0 Å². The van der Waals surface area contributed by atoms with Crippen LogP contribution in [0, 0.1) is 0 Å². The molecule has 4 aromatic rings. The molecule has 0 radical (unpaired) electrons. The molecule has 0 spiro atoms. The Morgan fingerprint density at radius 3 is 2.17 bits per heavy atom. The number of ether oxygens (including phenoxy) is 1. The van der Waals surface area contributed by atoms with Crippen LogP contribution in [0.1, 0.15) is 57.2 Å². The van der Waals surface area contributed by atoms with E-state index in [9.17, 15) is 4.79 Å². The minimum absolute atomic E-state index is 0.0890. The molecule has 3 heterocycles. The van der Waals surface area contributed by atoms with Gasteiger partial charge in [0, 0.05) is 43.3 Å². The molecular weight excluding hydrogens is 524 g/mol. The van der Waals surface area contributed by atoms with E-state index in [1.54, 1.807) is 0 Å². The summed E-state index contributed by atoms with van der Waals surface area (Å²) in [6, 6.07) is 31.9. The molecule has 1 unspecified atom stereocenters. The van der Waals surface area contributed by atoms with Crippen molar-refractivity contribution in [2.24, 2.45) is 0 Å². The molecule has 5 nitrogen and oxygen atoms in total. The third-order valence-corrected chi connectivity index (χ3v) is 13.8. The third-order valence-electron chi connectivity index (χ3n) is 8.77. The Hall–Kier alpha value is -3.32. The van der Waals surface area contributed by atoms with Crippen LogP contribution in [-0.2, 0) is 20.5 Å². The average molecular weight is 565 g/mol. The quantitative estimate of drug-likeness (QED) is 0.266. The Bertz CT molecular complexity index is 1460. The summed E-state index contributed by atoms with van der Waals surface area (Å²) in [6.07, 6.45) is 2.31. The lowest BCUT2D eigenvalue weighted by atomic mass is 9.95. The number of amides is 1. The van der Waals surface area contributed by atoms with Gasteiger partial charge in [0.05, 0.1) is 5.52 Å². The molecule has 2 aliphatic rings. The zero-order chi connectivity index (χ0) is 28.5. The van der Waals surface area contributed by atoms with Crippen LogP contribution < -0.4 is 10.4 Å². The molecule has 41 heavy (non-hydrogen) atoms. The number of hydrogen-bond donors (Lipinski definition) is 0. The van der Waals surface area contributed by atoms with Gasteiger partial charge < -0.3 is 14.1 Å². The molecule has 0 N–H and O–H groups in total. The van der Waals surface area contributed by atoms with Gasteiger partial charge in [0.25, 0.3) is 14.2 Å². The van der Waals surface area contributed by atoms with Crippen LogP contribution in [0.4, 0.5) is 0 Å². The molecule has 1 aromatic heterocycles. The summed E-state index contributed by atoms with van der Waals surface area (Å²) in [6.45, 7) is 9.67. The average Bonchev–Trinajstić information content (AvgIpc) is 3.34. The number of pyridine rings is 1. The van der Waals surface area contributed by atoms with Crippen LogP contribution in [0.2, 0.25) is 5.04 Å². The molecular formula is C35H40N2O3Si. The summed E-state index contributed by atoms with van der Waals surface area (Å²) in [5.74, 6) is 0.564. The van der Waals surface area contributed by atoms with Crippen molar-refractivity contribution in [3.05, 3.63) is 102 Å². The molecule has 1 atom stereocenters. The number of aromatic nitrogens is 1. The van der Waals surface area contributed by atoms with Crippen LogP contribution in [0.5, 0.6) is 0 Å². The van der Waals surface area contributed by atoms with Crippen molar-refractivity contribution in [2.45, 2.75) is 63.6 Å². The normalized spacial score (nSPS) is 18.8. The Labute approximate surface area is 244 Å². The summed E-state index contributed by atoms with van der Waals surface area (Å²) in [5, 5.41) is 3.35.